The normalized spacial score (nSPS) is 12.7. The van der Waals surface area contributed by atoms with Crippen LogP contribution in [0.25, 0.3) is 0 Å². The van der Waals surface area contributed by atoms with Crippen molar-refractivity contribution in [1.82, 2.24) is 5.32 Å². The monoisotopic (exact) mass is 1030 g/mol. The fourth-order valence-electron chi connectivity index (χ4n) is 10.4. The molecule has 0 bridgehead atoms. The zero-order valence-corrected chi connectivity index (χ0v) is 49.4. The van der Waals surface area contributed by atoms with Crippen molar-refractivity contribution in [2.45, 2.75) is 379 Å². The first-order chi connectivity index (χ1) is 36.0. The van der Waals surface area contributed by atoms with E-state index in [2.05, 4.69) is 43.5 Å². The smallest absolute Gasteiger partial charge is 0.305 e. The average Bonchev–Trinajstić information content (AvgIpc) is 3.39. The molecule has 0 rings (SSSR count). The van der Waals surface area contributed by atoms with Gasteiger partial charge in [0.2, 0.25) is 5.91 Å². The molecule has 0 heterocycles. The number of carbonyl (C=O) groups excluding carboxylic acids is 2. The van der Waals surface area contributed by atoms with Crippen molar-refractivity contribution < 1.29 is 24.5 Å². The van der Waals surface area contributed by atoms with Crippen LogP contribution in [-0.4, -0.2) is 47.4 Å². The number of aliphatic hydroxyl groups excluding tert-OH is 2. The molecule has 0 saturated heterocycles. The van der Waals surface area contributed by atoms with E-state index in [-0.39, 0.29) is 18.5 Å². The number of allylic oxidation sites excluding steroid dienone is 4. The SMILES string of the molecule is CCCCCCCCC/C=C\CCCCCCCCCC(=O)OCCCCCCCCCCC/C=C\CCCCCCCCCC(=O)NC(CO)C(O)CCCCCCCCCCCCCCCCCCCC. The first-order valence-electron chi connectivity index (χ1n) is 33.1. The van der Waals surface area contributed by atoms with Gasteiger partial charge < -0.3 is 20.3 Å². The van der Waals surface area contributed by atoms with Gasteiger partial charge in [-0.25, -0.2) is 0 Å². The average molecular weight is 1030 g/mol. The second-order valence-electron chi connectivity index (χ2n) is 22.8. The third kappa shape index (κ3) is 59.4. The Hall–Kier alpha value is -1.66. The molecule has 0 aliphatic carbocycles. The molecule has 0 aliphatic heterocycles. The number of rotatable bonds is 62. The number of amides is 1. The van der Waals surface area contributed by atoms with Gasteiger partial charge in [-0.15, -0.1) is 0 Å². The molecule has 432 valence electrons. The fraction of sp³-hybridized carbons (Fsp3) is 0.910. The van der Waals surface area contributed by atoms with Gasteiger partial charge in [0.05, 0.1) is 25.4 Å². The van der Waals surface area contributed by atoms with Gasteiger partial charge in [-0.2, -0.15) is 0 Å². The molecule has 1 amide bonds. The molecule has 0 fully saturated rings. The minimum absolute atomic E-state index is 0.00411. The van der Waals surface area contributed by atoms with Gasteiger partial charge in [0.25, 0.3) is 0 Å². The standard InChI is InChI=1S/C67H129NO5/c1-3-5-7-9-11-13-15-17-19-21-27-31-35-39-43-47-51-55-59-65(70)64(63-69)68-66(71)60-56-52-48-44-40-36-32-28-25-23-24-26-30-34-38-42-46-50-54-58-62-73-67(72)61-57-53-49-45-41-37-33-29-22-20-18-16-14-12-10-8-6-4-2/h20,22-23,25,64-65,69-70H,3-19,21,24,26-63H2,1-2H3,(H,68,71)/b22-20-,25-23-. The van der Waals surface area contributed by atoms with Crippen LogP contribution in [0.5, 0.6) is 0 Å². The number of ether oxygens (including phenoxy) is 1. The maximum Gasteiger partial charge on any atom is 0.305 e. The molecule has 6 heteroatoms. The van der Waals surface area contributed by atoms with Crippen molar-refractivity contribution in [3.63, 3.8) is 0 Å². The Kier molecular flexibility index (Phi) is 61.4. The highest BCUT2D eigenvalue weighted by Crippen LogP contribution is 2.18. The summed E-state index contributed by atoms with van der Waals surface area (Å²) in [7, 11) is 0. The molecule has 0 aromatic carbocycles. The first-order valence-corrected chi connectivity index (χ1v) is 33.1. The Balaban J connectivity index is 3.42. The zero-order valence-electron chi connectivity index (χ0n) is 49.4. The number of esters is 1. The maximum absolute atomic E-state index is 12.5. The summed E-state index contributed by atoms with van der Waals surface area (Å²) in [4.78, 5) is 24.6. The van der Waals surface area contributed by atoms with Crippen molar-refractivity contribution in [1.29, 1.82) is 0 Å². The highest BCUT2D eigenvalue weighted by atomic mass is 16.5. The van der Waals surface area contributed by atoms with Crippen LogP contribution in [0.15, 0.2) is 24.3 Å². The molecule has 6 nitrogen and oxygen atoms in total. The molecule has 2 atom stereocenters. The van der Waals surface area contributed by atoms with E-state index in [1.165, 1.54) is 289 Å². The lowest BCUT2D eigenvalue weighted by Crippen LogP contribution is -2.45. The van der Waals surface area contributed by atoms with Crippen molar-refractivity contribution in [2.24, 2.45) is 0 Å². The highest BCUT2D eigenvalue weighted by Gasteiger charge is 2.20. The van der Waals surface area contributed by atoms with Crippen LogP contribution < -0.4 is 5.32 Å². The van der Waals surface area contributed by atoms with Crippen molar-refractivity contribution in [2.75, 3.05) is 13.2 Å². The van der Waals surface area contributed by atoms with Crippen LogP contribution in [0.4, 0.5) is 0 Å². The topological polar surface area (TPSA) is 95.9 Å². The molecule has 0 spiro atoms. The van der Waals surface area contributed by atoms with Crippen LogP contribution in [0, 0.1) is 0 Å². The minimum atomic E-state index is -0.670. The summed E-state index contributed by atoms with van der Waals surface area (Å²) in [5, 5.41) is 23.4. The van der Waals surface area contributed by atoms with Gasteiger partial charge in [-0.1, -0.05) is 301 Å². The Morgan fingerprint density at radius 3 is 0.973 bits per heavy atom. The maximum atomic E-state index is 12.5. The quantitative estimate of drug-likeness (QED) is 0.0320. The Morgan fingerprint density at radius 2 is 0.644 bits per heavy atom. The molecule has 3 N–H and O–H groups in total. The third-order valence-corrected chi connectivity index (χ3v) is 15.5. The van der Waals surface area contributed by atoms with Gasteiger partial charge >= 0.3 is 5.97 Å². The first kappa shape index (κ1) is 71.3. The van der Waals surface area contributed by atoms with Crippen molar-refractivity contribution in [3.05, 3.63) is 24.3 Å². The van der Waals surface area contributed by atoms with Crippen molar-refractivity contribution >= 4 is 11.9 Å². The summed E-state index contributed by atoms with van der Waals surface area (Å²) < 4.78 is 5.49. The summed E-state index contributed by atoms with van der Waals surface area (Å²) in [5.74, 6) is -0.0365. The summed E-state index contributed by atoms with van der Waals surface area (Å²) in [5.41, 5.74) is 0. The van der Waals surface area contributed by atoms with Gasteiger partial charge in [-0.05, 0) is 77.0 Å². The van der Waals surface area contributed by atoms with E-state index in [0.29, 0.717) is 25.9 Å². The summed E-state index contributed by atoms with van der Waals surface area (Å²) in [6, 6.07) is -0.548. The molecule has 2 unspecified atom stereocenters. The van der Waals surface area contributed by atoms with Crippen LogP contribution in [0.2, 0.25) is 0 Å². The van der Waals surface area contributed by atoms with E-state index < -0.39 is 12.1 Å². The van der Waals surface area contributed by atoms with Crippen LogP contribution >= 0.6 is 0 Å². The summed E-state index contributed by atoms with van der Waals surface area (Å²) in [6.07, 6.45) is 77.7. The second kappa shape index (κ2) is 62.9. The molecule has 73 heavy (non-hydrogen) atoms. The second-order valence-corrected chi connectivity index (χ2v) is 22.8. The predicted octanol–water partition coefficient (Wildman–Crippen LogP) is 21.0. The molecule has 0 radical (unpaired) electrons. The fourth-order valence-corrected chi connectivity index (χ4v) is 10.4. The van der Waals surface area contributed by atoms with E-state index in [1.54, 1.807) is 0 Å². The molecule has 0 aliphatic rings. The Bertz CT molecular complexity index is 1140. The van der Waals surface area contributed by atoms with Gasteiger partial charge in [0.1, 0.15) is 0 Å². The minimum Gasteiger partial charge on any atom is -0.466 e. The molecule has 0 aromatic rings. The number of aliphatic hydroxyl groups is 2. The van der Waals surface area contributed by atoms with E-state index in [1.807, 2.05) is 0 Å². The van der Waals surface area contributed by atoms with E-state index in [9.17, 15) is 19.8 Å². The van der Waals surface area contributed by atoms with E-state index in [0.717, 1.165) is 44.9 Å². The predicted molar refractivity (Wildman–Crippen MR) is 320 cm³/mol. The zero-order chi connectivity index (χ0) is 52.9. The van der Waals surface area contributed by atoms with Crippen LogP contribution in [0.3, 0.4) is 0 Å². The van der Waals surface area contributed by atoms with E-state index >= 15 is 0 Å². The number of hydrogen-bond acceptors (Lipinski definition) is 5. The van der Waals surface area contributed by atoms with E-state index in [4.69, 9.17) is 4.74 Å². The Morgan fingerprint density at radius 1 is 0.370 bits per heavy atom. The number of carbonyl (C=O) groups is 2. The number of hydrogen-bond donors (Lipinski definition) is 3. The third-order valence-electron chi connectivity index (χ3n) is 15.5. The van der Waals surface area contributed by atoms with Crippen LogP contribution in [0.1, 0.15) is 367 Å². The Labute approximate surface area is 456 Å². The lowest BCUT2D eigenvalue weighted by atomic mass is 10.0. The van der Waals surface area contributed by atoms with Crippen LogP contribution in [-0.2, 0) is 14.3 Å². The summed E-state index contributed by atoms with van der Waals surface area (Å²) in [6.45, 7) is 4.97. The van der Waals surface area contributed by atoms with Gasteiger partial charge in [0.15, 0.2) is 0 Å². The highest BCUT2D eigenvalue weighted by molar-refractivity contribution is 5.76. The molecule has 0 saturated carbocycles. The summed E-state index contributed by atoms with van der Waals surface area (Å²) >= 11 is 0. The van der Waals surface area contributed by atoms with Gasteiger partial charge in [0, 0.05) is 12.8 Å². The molecular weight excluding hydrogens is 899 g/mol. The number of unbranched alkanes of at least 4 members (excludes halogenated alkanes) is 47. The van der Waals surface area contributed by atoms with Crippen molar-refractivity contribution in [3.8, 4) is 0 Å². The number of nitrogens with one attached hydrogen (secondary N) is 1. The molecular formula is C67H129NO5. The largest absolute Gasteiger partial charge is 0.466 e. The van der Waals surface area contributed by atoms with Gasteiger partial charge in [-0.3, -0.25) is 9.59 Å². The lowest BCUT2D eigenvalue weighted by molar-refractivity contribution is -0.143. The lowest BCUT2D eigenvalue weighted by Gasteiger charge is -2.22. The molecule has 0 aromatic heterocycles.